The second kappa shape index (κ2) is 6.60. The fourth-order valence-corrected chi connectivity index (χ4v) is 2.84. The van der Waals surface area contributed by atoms with E-state index < -0.39 is 0 Å². The Balaban J connectivity index is 1.70. The monoisotopic (exact) mass is 329 g/mol. The Bertz CT molecular complexity index is 789. The summed E-state index contributed by atoms with van der Waals surface area (Å²) in [5.41, 5.74) is 2.31. The van der Waals surface area contributed by atoms with Crippen LogP contribution in [0.25, 0.3) is 11.3 Å². The number of para-hydroxylation sites is 1. The smallest absolute Gasteiger partial charge is 0.308 e. The third-order valence-electron chi connectivity index (χ3n) is 2.91. The first-order valence-electron chi connectivity index (χ1n) is 6.56. The Labute approximate surface area is 136 Å². The van der Waals surface area contributed by atoms with Gasteiger partial charge in [0, 0.05) is 21.7 Å². The lowest BCUT2D eigenvalue weighted by Gasteiger charge is -2.04. The number of hydrogen-bond donors (Lipinski definition) is 2. The largest absolute Gasteiger partial charge is 0.325 e. The van der Waals surface area contributed by atoms with E-state index in [1.807, 2.05) is 60.0 Å². The predicted molar refractivity (Wildman–Crippen MR) is 91.6 cm³/mol. The van der Waals surface area contributed by atoms with Gasteiger partial charge in [-0.2, -0.15) is 0 Å². The van der Waals surface area contributed by atoms with E-state index in [1.165, 1.54) is 11.3 Å². The van der Waals surface area contributed by atoms with Gasteiger partial charge in [-0.15, -0.1) is 11.3 Å². The molecule has 0 aliphatic heterocycles. The third-order valence-corrected chi connectivity index (χ3v) is 3.99. The molecule has 0 atom stereocenters. The van der Waals surface area contributed by atoms with Gasteiger partial charge in [-0.05, 0) is 18.2 Å². The number of thiazole rings is 1. The van der Waals surface area contributed by atoms with Gasteiger partial charge in [0.2, 0.25) is 0 Å². The lowest BCUT2D eigenvalue weighted by Crippen LogP contribution is -2.19. The van der Waals surface area contributed by atoms with E-state index in [2.05, 4.69) is 15.6 Å². The van der Waals surface area contributed by atoms with Crippen molar-refractivity contribution in [3.8, 4) is 11.3 Å². The number of rotatable bonds is 3. The minimum Gasteiger partial charge on any atom is -0.308 e. The molecule has 2 N–H and O–H groups in total. The molecule has 110 valence electrons. The van der Waals surface area contributed by atoms with Gasteiger partial charge in [-0.3, -0.25) is 5.32 Å². The zero-order valence-electron chi connectivity index (χ0n) is 11.4. The normalized spacial score (nSPS) is 10.2. The first-order chi connectivity index (χ1) is 10.7. The van der Waals surface area contributed by atoms with Crippen LogP contribution in [0.15, 0.2) is 60.0 Å². The van der Waals surface area contributed by atoms with Crippen molar-refractivity contribution >= 4 is 39.8 Å². The molecule has 6 heteroatoms. The number of urea groups is 1. The number of nitrogens with zero attached hydrogens (tertiary/aromatic N) is 1. The third kappa shape index (κ3) is 3.44. The molecule has 4 nitrogen and oxygen atoms in total. The minimum absolute atomic E-state index is 0.328. The van der Waals surface area contributed by atoms with Gasteiger partial charge in [0.1, 0.15) is 0 Å². The Morgan fingerprint density at radius 3 is 2.50 bits per heavy atom. The van der Waals surface area contributed by atoms with Crippen LogP contribution in [-0.4, -0.2) is 11.0 Å². The summed E-state index contributed by atoms with van der Waals surface area (Å²) in [6.07, 6.45) is 0. The van der Waals surface area contributed by atoms with Crippen LogP contribution < -0.4 is 10.6 Å². The molecule has 2 aromatic carbocycles. The number of carbonyl (C=O) groups excluding carboxylic acids is 1. The maximum absolute atomic E-state index is 11.9. The standard InChI is InChI=1S/C16H12ClN3OS/c17-13-9-5-4-8-12(13)14-10-22-16(19-14)20-15(21)18-11-6-2-1-3-7-11/h1-10H,(H2,18,19,20,21). The van der Waals surface area contributed by atoms with Crippen molar-refractivity contribution in [1.82, 2.24) is 4.98 Å². The summed E-state index contributed by atoms with van der Waals surface area (Å²) in [6, 6.07) is 16.4. The lowest BCUT2D eigenvalue weighted by atomic mass is 10.2. The molecular formula is C16H12ClN3OS. The van der Waals surface area contributed by atoms with E-state index in [0.29, 0.717) is 10.2 Å². The van der Waals surface area contributed by atoms with E-state index in [4.69, 9.17) is 11.6 Å². The van der Waals surface area contributed by atoms with E-state index in [9.17, 15) is 4.79 Å². The second-order valence-electron chi connectivity index (χ2n) is 4.46. The predicted octanol–water partition coefficient (Wildman–Crippen LogP) is 5.11. The first-order valence-corrected chi connectivity index (χ1v) is 7.81. The van der Waals surface area contributed by atoms with Crippen LogP contribution in [0.3, 0.4) is 0 Å². The summed E-state index contributed by atoms with van der Waals surface area (Å²) in [5.74, 6) is 0. The highest BCUT2D eigenvalue weighted by atomic mass is 35.5. The number of anilines is 2. The molecule has 0 spiro atoms. The molecule has 0 radical (unpaired) electrons. The Morgan fingerprint density at radius 1 is 1.00 bits per heavy atom. The summed E-state index contributed by atoms with van der Waals surface area (Å²) in [7, 11) is 0. The lowest BCUT2D eigenvalue weighted by molar-refractivity contribution is 0.262. The molecule has 0 aliphatic rings. The topological polar surface area (TPSA) is 54.0 Å². The number of halogens is 1. The molecule has 0 saturated heterocycles. The van der Waals surface area contributed by atoms with Crippen LogP contribution in [-0.2, 0) is 0 Å². The molecule has 0 bridgehead atoms. The molecular weight excluding hydrogens is 318 g/mol. The molecule has 0 aliphatic carbocycles. The molecule has 1 heterocycles. The second-order valence-corrected chi connectivity index (χ2v) is 5.73. The Morgan fingerprint density at radius 2 is 1.73 bits per heavy atom. The molecule has 22 heavy (non-hydrogen) atoms. The number of carbonyl (C=O) groups is 1. The van der Waals surface area contributed by atoms with Crippen molar-refractivity contribution in [1.29, 1.82) is 0 Å². The summed E-state index contributed by atoms with van der Waals surface area (Å²) in [4.78, 5) is 16.3. The first kappa shape index (κ1) is 14.6. The minimum atomic E-state index is -0.328. The maximum atomic E-state index is 11.9. The van der Waals surface area contributed by atoms with Crippen LogP contribution in [0.1, 0.15) is 0 Å². The zero-order valence-corrected chi connectivity index (χ0v) is 13.0. The fraction of sp³-hybridized carbons (Fsp3) is 0. The number of nitrogens with one attached hydrogen (secondary N) is 2. The Hall–Kier alpha value is -2.37. The number of hydrogen-bond acceptors (Lipinski definition) is 3. The maximum Gasteiger partial charge on any atom is 0.325 e. The summed E-state index contributed by atoms with van der Waals surface area (Å²) >= 11 is 7.50. The average Bonchev–Trinajstić information content (AvgIpc) is 2.97. The van der Waals surface area contributed by atoms with Crippen LogP contribution in [0.2, 0.25) is 5.02 Å². The molecule has 3 aromatic rings. The van der Waals surface area contributed by atoms with Crippen LogP contribution in [0, 0.1) is 0 Å². The van der Waals surface area contributed by atoms with Crippen LogP contribution in [0.5, 0.6) is 0 Å². The molecule has 0 fully saturated rings. The number of amides is 2. The Kier molecular flexibility index (Phi) is 4.37. The highest BCUT2D eigenvalue weighted by Crippen LogP contribution is 2.30. The quantitative estimate of drug-likeness (QED) is 0.701. The highest BCUT2D eigenvalue weighted by Gasteiger charge is 2.10. The van der Waals surface area contributed by atoms with E-state index in [1.54, 1.807) is 0 Å². The van der Waals surface area contributed by atoms with Crippen molar-refractivity contribution in [2.75, 3.05) is 10.6 Å². The van der Waals surface area contributed by atoms with Gasteiger partial charge in [0.05, 0.1) is 5.69 Å². The van der Waals surface area contributed by atoms with E-state index in [-0.39, 0.29) is 6.03 Å². The van der Waals surface area contributed by atoms with Gasteiger partial charge in [-0.25, -0.2) is 9.78 Å². The van der Waals surface area contributed by atoms with Gasteiger partial charge in [0.15, 0.2) is 5.13 Å². The number of aromatic nitrogens is 1. The van der Waals surface area contributed by atoms with Gasteiger partial charge in [-0.1, -0.05) is 48.0 Å². The zero-order chi connectivity index (χ0) is 15.4. The van der Waals surface area contributed by atoms with Crippen molar-refractivity contribution in [3.05, 3.63) is 65.0 Å². The molecule has 0 unspecified atom stereocenters. The molecule has 0 saturated carbocycles. The van der Waals surface area contributed by atoms with Crippen molar-refractivity contribution in [3.63, 3.8) is 0 Å². The van der Waals surface area contributed by atoms with Crippen molar-refractivity contribution in [2.45, 2.75) is 0 Å². The summed E-state index contributed by atoms with van der Waals surface area (Å²) in [5, 5.41) is 8.47. The van der Waals surface area contributed by atoms with Crippen molar-refractivity contribution < 1.29 is 4.79 Å². The van der Waals surface area contributed by atoms with Crippen LogP contribution >= 0.6 is 22.9 Å². The van der Waals surface area contributed by atoms with Gasteiger partial charge in [0.25, 0.3) is 0 Å². The summed E-state index contributed by atoms with van der Waals surface area (Å²) in [6.45, 7) is 0. The SMILES string of the molecule is O=C(Nc1ccccc1)Nc1nc(-c2ccccc2Cl)cs1. The highest BCUT2D eigenvalue weighted by molar-refractivity contribution is 7.14. The number of benzene rings is 2. The van der Waals surface area contributed by atoms with Crippen molar-refractivity contribution in [2.24, 2.45) is 0 Å². The van der Waals surface area contributed by atoms with E-state index >= 15 is 0 Å². The average molecular weight is 330 g/mol. The summed E-state index contributed by atoms with van der Waals surface area (Å²) < 4.78 is 0. The van der Waals surface area contributed by atoms with Crippen LogP contribution in [0.4, 0.5) is 15.6 Å². The molecule has 1 aromatic heterocycles. The van der Waals surface area contributed by atoms with Gasteiger partial charge >= 0.3 is 6.03 Å². The van der Waals surface area contributed by atoms with Gasteiger partial charge < -0.3 is 5.32 Å². The molecule has 2 amide bonds. The van der Waals surface area contributed by atoms with E-state index in [0.717, 1.165) is 16.9 Å². The molecule has 3 rings (SSSR count). The fourth-order valence-electron chi connectivity index (χ4n) is 1.90.